The van der Waals surface area contributed by atoms with Crippen molar-refractivity contribution in [3.05, 3.63) is 41.1 Å². The Bertz CT molecular complexity index is 771. The van der Waals surface area contributed by atoms with Crippen LogP contribution in [0.25, 0.3) is 5.41 Å². The van der Waals surface area contributed by atoms with Crippen LogP contribution >= 0.6 is 0 Å². The summed E-state index contributed by atoms with van der Waals surface area (Å²) in [6.07, 6.45) is 1.32. The van der Waals surface area contributed by atoms with Gasteiger partial charge in [-0.25, -0.2) is 4.39 Å². The van der Waals surface area contributed by atoms with Crippen molar-refractivity contribution in [1.29, 1.82) is 0 Å². The number of amides is 2. The van der Waals surface area contributed by atoms with Crippen LogP contribution in [-0.4, -0.2) is 35.6 Å². The SMILES string of the molecule is CCCCNC(=O)CC1(C)C(=O)C(=C=[N-])C(=O)N1c1ccccc1F. The molecule has 1 N–H and O–H groups in total. The molecule has 2 amide bonds. The van der Waals surface area contributed by atoms with Crippen LogP contribution < -0.4 is 10.2 Å². The number of unbranched alkanes of at least 4 members (excludes halogenated alkanes) is 1. The maximum absolute atomic E-state index is 14.2. The third-order valence-corrected chi connectivity index (χ3v) is 4.19. The summed E-state index contributed by atoms with van der Waals surface area (Å²) >= 11 is 0. The number of benzene rings is 1. The highest BCUT2D eigenvalue weighted by atomic mass is 19.1. The van der Waals surface area contributed by atoms with E-state index < -0.39 is 34.5 Å². The summed E-state index contributed by atoms with van der Waals surface area (Å²) in [7, 11) is 0. The Morgan fingerprint density at radius 3 is 2.64 bits per heavy atom. The molecule has 0 radical (unpaired) electrons. The number of nitrogens with zero attached hydrogens (tertiary/aromatic N) is 2. The largest absolute Gasteiger partial charge is 0.763 e. The van der Waals surface area contributed by atoms with Crippen molar-refractivity contribution in [2.24, 2.45) is 0 Å². The number of Topliss-reactive ketones (excluding diaryl/α,β-unsaturated/α-hetero) is 1. The van der Waals surface area contributed by atoms with Crippen molar-refractivity contribution in [1.82, 2.24) is 5.32 Å². The highest BCUT2D eigenvalue weighted by Gasteiger charge is 2.54. The summed E-state index contributed by atoms with van der Waals surface area (Å²) in [5, 5.41) is 11.8. The molecule has 2 rings (SSSR count). The zero-order chi connectivity index (χ0) is 18.6. The van der Waals surface area contributed by atoms with Crippen LogP contribution in [0.1, 0.15) is 33.1 Å². The fourth-order valence-corrected chi connectivity index (χ4v) is 2.85. The van der Waals surface area contributed by atoms with Crippen LogP contribution in [-0.2, 0) is 14.4 Å². The van der Waals surface area contributed by atoms with E-state index in [1.54, 1.807) is 5.87 Å². The number of rotatable bonds is 6. The lowest BCUT2D eigenvalue weighted by atomic mass is 9.91. The van der Waals surface area contributed by atoms with E-state index in [0.717, 1.165) is 23.8 Å². The molecular formula is C18H19FN3O3-. The number of carbonyl (C=O) groups excluding carboxylic acids is 3. The van der Waals surface area contributed by atoms with Crippen LogP contribution in [0.15, 0.2) is 29.8 Å². The van der Waals surface area contributed by atoms with Gasteiger partial charge in [-0.2, -0.15) is 0 Å². The van der Waals surface area contributed by atoms with Crippen LogP contribution in [0, 0.1) is 5.82 Å². The molecule has 6 nitrogen and oxygen atoms in total. The summed E-state index contributed by atoms with van der Waals surface area (Å²) in [6.45, 7) is 3.80. The van der Waals surface area contributed by atoms with E-state index in [9.17, 15) is 18.8 Å². The minimum atomic E-state index is -1.64. The molecule has 25 heavy (non-hydrogen) atoms. The lowest BCUT2D eigenvalue weighted by molar-refractivity contribution is -0.126. The van der Waals surface area contributed by atoms with Gasteiger partial charge in [-0.05, 0) is 25.5 Å². The second-order valence-corrected chi connectivity index (χ2v) is 6.06. The third-order valence-electron chi connectivity index (χ3n) is 4.19. The zero-order valence-electron chi connectivity index (χ0n) is 14.1. The first kappa shape index (κ1) is 18.5. The maximum Gasteiger partial charge on any atom is 0.269 e. The van der Waals surface area contributed by atoms with Gasteiger partial charge in [0, 0.05) is 6.54 Å². The van der Waals surface area contributed by atoms with E-state index in [1.165, 1.54) is 25.1 Å². The van der Waals surface area contributed by atoms with Gasteiger partial charge >= 0.3 is 0 Å². The Morgan fingerprint density at radius 1 is 1.36 bits per heavy atom. The molecule has 1 aromatic carbocycles. The Balaban J connectivity index is 2.42. The van der Waals surface area contributed by atoms with E-state index in [-0.39, 0.29) is 12.1 Å². The van der Waals surface area contributed by atoms with Crippen molar-refractivity contribution >= 4 is 29.2 Å². The zero-order valence-corrected chi connectivity index (χ0v) is 14.1. The monoisotopic (exact) mass is 344 g/mol. The van der Waals surface area contributed by atoms with Gasteiger partial charge in [0.15, 0.2) is 0 Å². The van der Waals surface area contributed by atoms with E-state index in [1.807, 2.05) is 6.92 Å². The number of ketones is 1. The van der Waals surface area contributed by atoms with Gasteiger partial charge in [-0.1, -0.05) is 25.5 Å². The van der Waals surface area contributed by atoms with Crippen LogP contribution in [0.5, 0.6) is 0 Å². The fraction of sp³-hybridized carbons (Fsp3) is 0.389. The van der Waals surface area contributed by atoms with E-state index >= 15 is 0 Å². The lowest BCUT2D eigenvalue weighted by Crippen LogP contribution is -2.51. The van der Waals surface area contributed by atoms with Crippen molar-refractivity contribution < 1.29 is 18.8 Å². The van der Waals surface area contributed by atoms with Gasteiger partial charge in [-0.3, -0.25) is 25.2 Å². The van der Waals surface area contributed by atoms with E-state index in [2.05, 4.69) is 5.32 Å². The molecule has 1 heterocycles. The van der Waals surface area contributed by atoms with Crippen molar-refractivity contribution in [2.45, 2.75) is 38.6 Å². The summed E-state index contributed by atoms with van der Waals surface area (Å²) < 4.78 is 14.2. The molecule has 7 heteroatoms. The first-order valence-corrected chi connectivity index (χ1v) is 8.04. The Morgan fingerprint density at radius 2 is 2.04 bits per heavy atom. The summed E-state index contributed by atoms with van der Waals surface area (Å²) in [6, 6.07) is 5.46. The fourth-order valence-electron chi connectivity index (χ4n) is 2.85. The normalized spacial score (nSPS) is 20.0. The van der Waals surface area contributed by atoms with Gasteiger partial charge in [-0.15, -0.1) is 0 Å². The highest BCUT2D eigenvalue weighted by molar-refractivity contribution is 6.39. The van der Waals surface area contributed by atoms with Gasteiger partial charge in [0.05, 0.1) is 12.1 Å². The molecule has 0 aliphatic carbocycles. The predicted molar refractivity (Wildman–Crippen MR) is 91.7 cm³/mol. The topological polar surface area (TPSA) is 88.8 Å². The average Bonchev–Trinajstić information content (AvgIpc) is 2.75. The minimum absolute atomic E-state index is 0.130. The molecule has 0 bridgehead atoms. The molecule has 1 aliphatic rings. The van der Waals surface area contributed by atoms with Crippen molar-refractivity contribution in [3.63, 3.8) is 0 Å². The summed E-state index contributed by atoms with van der Waals surface area (Å²) in [5.41, 5.74) is -2.36. The molecule has 1 saturated heterocycles. The second-order valence-electron chi connectivity index (χ2n) is 6.06. The molecule has 1 aliphatic heterocycles. The van der Waals surface area contributed by atoms with E-state index in [0.29, 0.717) is 6.54 Å². The molecule has 1 atom stereocenters. The first-order chi connectivity index (χ1) is 11.9. The third kappa shape index (κ3) is 3.37. The number of halogens is 1. The molecule has 0 saturated carbocycles. The molecule has 1 aromatic rings. The molecular weight excluding hydrogens is 325 g/mol. The predicted octanol–water partition coefficient (Wildman–Crippen LogP) is 1.97. The number of anilines is 1. The number of carbonyl (C=O) groups is 3. The van der Waals surface area contributed by atoms with Gasteiger partial charge in [0.25, 0.3) is 5.91 Å². The molecule has 0 spiro atoms. The van der Waals surface area contributed by atoms with E-state index in [4.69, 9.17) is 5.41 Å². The second kappa shape index (κ2) is 7.40. The van der Waals surface area contributed by atoms with Crippen LogP contribution in [0.2, 0.25) is 0 Å². The Kier molecular flexibility index (Phi) is 5.49. The lowest BCUT2D eigenvalue weighted by Gasteiger charge is -2.32. The first-order valence-electron chi connectivity index (χ1n) is 8.04. The highest BCUT2D eigenvalue weighted by Crippen LogP contribution is 2.37. The number of hydrogen-bond acceptors (Lipinski definition) is 3. The Hall–Kier alpha value is -2.79. The maximum atomic E-state index is 14.2. The number of hydrogen-bond donors (Lipinski definition) is 1. The smallest absolute Gasteiger partial charge is 0.269 e. The minimum Gasteiger partial charge on any atom is -0.763 e. The van der Waals surface area contributed by atoms with Gasteiger partial charge in [0.2, 0.25) is 11.7 Å². The molecule has 1 fully saturated rings. The van der Waals surface area contributed by atoms with Crippen LogP contribution in [0.3, 0.4) is 0 Å². The average molecular weight is 344 g/mol. The number of nitrogens with one attached hydrogen (secondary N) is 1. The van der Waals surface area contributed by atoms with Gasteiger partial charge in [0.1, 0.15) is 16.9 Å². The molecule has 1 unspecified atom stereocenters. The van der Waals surface area contributed by atoms with Crippen LogP contribution in [0.4, 0.5) is 10.1 Å². The summed E-state index contributed by atoms with van der Waals surface area (Å²) in [5.74, 6) is -1.21. The molecule has 0 aromatic heterocycles. The summed E-state index contributed by atoms with van der Waals surface area (Å²) in [4.78, 5) is 38.2. The van der Waals surface area contributed by atoms with Crippen molar-refractivity contribution in [2.75, 3.05) is 11.4 Å². The molecule has 132 valence electrons. The Labute approximate surface area is 145 Å². The van der Waals surface area contributed by atoms with Crippen molar-refractivity contribution in [3.8, 4) is 0 Å². The standard InChI is InChI=1S/C18H19FN3O3/c1-3-4-9-21-15(23)10-18(2)16(24)12(11-20)17(25)22(18)14-8-6-5-7-13(14)19/h5-8H,3-4,9-10H2,1-2H3,(H,21,23)/q-1. The van der Waals surface area contributed by atoms with Gasteiger partial charge < -0.3 is 10.7 Å². The quantitative estimate of drug-likeness (QED) is 0.370. The number of para-hydroxylation sites is 1.